The van der Waals surface area contributed by atoms with E-state index in [1.807, 2.05) is 20.8 Å². The number of aromatic amines is 1. The first-order chi connectivity index (χ1) is 15.4. The SMILES string of the molecule is CC(C)(C)c1ccc(S(=O)(=O)c2cnc(SCC(=O)Nc3cc(F)ccc3F)[nH]c2=O)cc1. The van der Waals surface area contributed by atoms with E-state index >= 15 is 0 Å². The molecule has 33 heavy (non-hydrogen) atoms. The number of thioether (sulfide) groups is 1. The molecule has 3 aromatic rings. The van der Waals surface area contributed by atoms with Gasteiger partial charge in [-0.05, 0) is 35.2 Å². The molecular formula is C22H21F2N3O4S2. The van der Waals surface area contributed by atoms with Crippen LogP contribution in [0.4, 0.5) is 14.5 Å². The van der Waals surface area contributed by atoms with Gasteiger partial charge >= 0.3 is 0 Å². The van der Waals surface area contributed by atoms with E-state index in [1.54, 1.807) is 12.1 Å². The number of halogens is 2. The lowest BCUT2D eigenvalue weighted by atomic mass is 9.87. The molecular weight excluding hydrogens is 472 g/mol. The molecule has 2 aromatic carbocycles. The number of carbonyl (C=O) groups is 1. The van der Waals surface area contributed by atoms with Crippen molar-refractivity contribution in [2.75, 3.05) is 11.1 Å². The minimum absolute atomic E-state index is 0.00288. The molecule has 1 aromatic heterocycles. The molecule has 0 saturated carbocycles. The van der Waals surface area contributed by atoms with Crippen LogP contribution >= 0.6 is 11.8 Å². The summed E-state index contributed by atoms with van der Waals surface area (Å²) in [6.45, 7) is 5.99. The van der Waals surface area contributed by atoms with Crippen molar-refractivity contribution in [1.82, 2.24) is 9.97 Å². The number of aromatic nitrogens is 2. The molecule has 0 bridgehead atoms. The van der Waals surface area contributed by atoms with Gasteiger partial charge in [-0.25, -0.2) is 22.2 Å². The topological polar surface area (TPSA) is 109 Å². The minimum atomic E-state index is -4.10. The highest BCUT2D eigenvalue weighted by Gasteiger charge is 2.23. The van der Waals surface area contributed by atoms with E-state index in [9.17, 15) is 26.8 Å². The zero-order chi connectivity index (χ0) is 24.4. The lowest BCUT2D eigenvalue weighted by Gasteiger charge is -2.19. The Morgan fingerprint density at radius 3 is 2.39 bits per heavy atom. The number of carbonyl (C=O) groups excluding carboxylic acids is 1. The quantitative estimate of drug-likeness (QED) is 0.398. The van der Waals surface area contributed by atoms with E-state index in [0.717, 1.165) is 41.7 Å². The van der Waals surface area contributed by atoms with Gasteiger partial charge in [-0.15, -0.1) is 0 Å². The van der Waals surface area contributed by atoms with Crippen LogP contribution in [0.5, 0.6) is 0 Å². The fraction of sp³-hybridized carbons (Fsp3) is 0.227. The first-order valence-electron chi connectivity index (χ1n) is 9.70. The van der Waals surface area contributed by atoms with Crippen LogP contribution in [-0.2, 0) is 20.0 Å². The summed E-state index contributed by atoms with van der Waals surface area (Å²) in [5.41, 5.74) is -0.422. The van der Waals surface area contributed by atoms with Gasteiger partial charge in [0.2, 0.25) is 15.7 Å². The number of nitrogens with one attached hydrogen (secondary N) is 2. The summed E-state index contributed by atoms with van der Waals surface area (Å²) in [6, 6.07) is 8.90. The van der Waals surface area contributed by atoms with Gasteiger partial charge < -0.3 is 10.3 Å². The number of anilines is 1. The highest BCUT2D eigenvalue weighted by atomic mass is 32.2. The van der Waals surface area contributed by atoms with Crippen LogP contribution in [-0.4, -0.2) is 30.0 Å². The second-order valence-corrected chi connectivity index (χ2v) is 11.0. The van der Waals surface area contributed by atoms with Crippen molar-refractivity contribution in [1.29, 1.82) is 0 Å². The third-order valence-electron chi connectivity index (χ3n) is 4.61. The van der Waals surface area contributed by atoms with E-state index in [4.69, 9.17) is 0 Å². The zero-order valence-corrected chi connectivity index (χ0v) is 19.6. The van der Waals surface area contributed by atoms with Crippen molar-refractivity contribution in [3.8, 4) is 0 Å². The number of H-pyrrole nitrogens is 1. The summed E-state index contributed by atoms with van der Waals surface area (Å²) >= 11 is 0.802. The largest absolute Gasteiger partial charge is 0.323 e. The highest BCUT2D eigenvalue weighted by Crippen LogP contribution is 2.25. The van der Waals surface area contributed by atoms with Crippen LogP contribution in [0.3, 0.4) is 0 Å². The molecule has 0 fully saturated rings. The third-order valence-corrected chi connectivity index (χ3v) is 7.26. The average Bonchev–Trinajstić information content (AvgIpc) is 2.74. The van der Waals surface area contributed by atoms with E-state index in [0.29, 0.717) is 0 Å². The Balaban J connectivity index is 1.72. The summed E-state index contributed by atoms with van der Waals surface area (Å²) in [5.74, 6) is -2.46. The standard InChI is InChI=1S/C22H21F2N3O4S2/c1-22(2,3)13-4-7-15(8-5-13)33(30,31)18-11-25-21(27-20(18)29)32-12-19(28)26-17-10-14(23)6-9-16(17)24/h4-11H,12H2,1-3H3,(H,26,28)(H,25,27,29). The Morgan fingerprint density at radius 1 is 1.12 bits per heavy atom. The van der Waals surface area contributed by atoms with Gasteiger partial charge in [-0.3, -0.25) is 9.59 Å². The monoisotopic (exact) mass is 493 g/mol. The number of amides is 1. The van der Waals surface area contributed by atoms with Gasteiger partial charge in [0.05, 0.1) is 22.5 Å². The van der Waals surface area contributed by atoms with E-state index < -0.39 is 37.8 Å². The number of sulfone groups is 1. The smallest absolute Gasteiger partial charge is 0.270 e. The van der Waals surface area contributed by atoms with Crippen LogP contribution in [0.15, 0.2) is 68.4 Å². The van der Waals surface area contributed by atoms with Crippen molar-refractivity contribution in [2.45, 2.75) is 41.1 Å². The Hall–Kier alpha value is -3.05. The zero-order valence-electron chi connectivity index (χ0n) is 18.0. The summed E-state index contributed by atoms with van der Waals surface area (Å²) in [4.78, 5) is 30.1. The maximum atomic E-state index is 13.6. The Labute approximate surface area is 193 Å². The van der Waals surface area contributed by atoms with Gasteiger partial charge in [0.1, 0.15) is 11.6 Å². The fourth-order valence-corrected chi connectivity index (χ4v) is 4.67. The van der Waals surface area contributed by atoms with Crippen molar-refractivity contribution < 1.29 is 22.0 Å². The highest BCUT2D eigenvalue weighted by molar-refractivity contribution is 7.99. The molecule has 3 rings (SSSR count). The molecule has 1 amide bonds. The number of nitrogens with zero attached hydrogens (tertiary/aromatic N) is 1. The molecule has 0 aliphatic rings. The van der Waals surface area contributed by atoms with Crippen molar-refractivity contribution >= 4 is 33.2 Å². The number of rotatable bonds is 6. The molecule has 2 N–H and O–H groups in total. The summed E-state index contributed by atoms with van der Waals surface area (Å²) in [7, 11) is -4.10. The van der Waals surface area contributed by atoms with Crippen molar-refractivity contribution in [2.24, 2.45) is 0 Å². The molecule has 0 unspecified atom stereocenters. The predicted molar refractivity (Wildman–Crippen MR) is 121 cm³/mol. The van der Waals surface area contributed by atoms with E-state index in [2.05, 4.69) is 15.3 Å². The van der Waals surface area contributed by atoms with Crippen LogP contribution in [0, 0.1) is 11.6 Å². The number of hydrogen-bond donors (Lipinski definition) is 2. The fourth-order valence-electron chi connectivity index (χ4n) is 2.81. The predicted octanol–water partition coefficient (Wildman–Crippen LogP) is 3.91. The lowest BCUT2D eigenvalue weighted by molar-refractivity contribution is -0.113. The Kier molecular flexibility index (Phi) is 7.03. The van der Waals surface area contributed by atoms with Crippen LogP contribution in [0.2, 0.25) is 0 Å². The lowest BCUT2D eigenvalue weighted by Crippen LogP contribution is -2.20. The van der Waals surface area contributed by atoms with E-state index in [1.165, 1.54) is 12.1 Å². The molecule has 0 aliphatic heterocycles. The number of hydrogen-bond acceptors (Lipinski definition) is 6. The maximum Gasteiger partial charge on any atom is 0.270 e. The first kappa shape index (κ1) is 24.6. The van der Waals surface area contributed by atoms with Crippen LogP contribution < -0.4 is 10.9 Å². The number of benzene rings is 2. The van der Waals surface area contributed by atoms with Crippen molar-refractivity contribution in [3.05, 3.63) is 76.2 Å². The summed E-state index contributed by atoms with van der Waals surface area (Å²) in [6.07, 6.45) is 0.929. The van der Waals surface area contributed by atoms with E-state index in [-0.39, 0.29) is 26.9 Å². The van der Waals surface area contributed by atoms with Crippen LogP contribution in [0.1, 0.15) is 26.3 Å². The van der Waals surface area contributed by atoms with Crippen LogP contribution in [0.25, 0.3) is 0 Å². The van der Waals surface area contributed by atoms with Gasteiger partial charge in [0.25, 0.3) is 5.56 Å². The van der Waals surface area contributed by atoms with Gasteiger partial charge in [-0.2, -0.15) is 0 Å². The minimum Gasteiger partial charge on any atom is -0.323 e. The molecule has 174 valence electrons. The molecule has 7 nitrogen and oxygen atoms in total. The molecule has 0 radical (unpaired) electrons. The second-order valence-electron chi connectivity index (χ2n) is 8.12. The molecule has 11 heteroatoms. The van der Waals surface area contributed by atoms with Gasteiger partial charge in [0.15, 0.2) is 10.1 Å². The Morgan fingerprint density at radius 2 is 1.79 bits per heavy atom. The normalized spacial score (nSPS) is 11.9. The third kappa shape index (κ3) is 5.85. The average molecular weight is 494 g/mol. The molecule has 0 atom stereocenters. The summed E-state index contributed by atoms with van der Waals surface area (Å²) < 4.78 is 52.5. The van der Waals surface area contributed by atoms with Crippen molar-refractivity contribution in [3.63, 3.8) is 0 Å². The van der Waals surface area contributed by atoms with Gasteiger partial charge in [0, 0.05) is 6.07 Å². The van der Waals surface area contributed by atoms with Gasteiger partial charge in [-0.1, -0.05) is 44.7 Å². The maximum absolute atomic E-state index is 13.6. The second kappa shape index (κ2) is 9.44. The molecule has 0 saturated heterocycles. The molecule has 1 heterocycles. The first-order valence-corrected chi connectivity index (χ1v) is 12.2. The summed E-state index contributed by atoms with van der Waals surface area (Å²) in [5, 5.41) is 2.21. The Bertz CT molecular complexity index is 1350. The molecule has 0 aliphatic carbocycles. The molecule has 0 spiro atoms.